The molecule has 2 rings (SSSR count). The van der Waals surface area contributed by atoms with Crippen molar-refractivity contribution in [3.05, 3.63) is 42.1 Å². The minimum Gasteiger partial charge on any atom is -0.494 e. The predicted octanol–water partition coefficient (Wildman–Crippen LogP) is 3.04. The highest BCUT2D eigenvalue weighted by atomic mass is 16.5. The second kappa shape index (κ2) is 4.87. The zero-order valence-corrected chi connectivity index (χ0v) is 10.1. The van der Waals surface area contributed by atoms with Crippen LogP contribution in [0, 0.1) is 6.92 Å². The van der Waals surface area contributed by atoms with E-state index in [1.807, 2.05) is 44.2 Å². The van der Waals surface area contributed by atoms with Crippen LogP contribution in [0.15, 0.2) is 36.5 Å². The first-order chi connectivity index (χ1) is 8.20. The average molecular weight is 228 g/mol. The summed E-state index contributed by atoms with van der Waals surface area (Å²) in [5.41, 5.74) is 9.00. The van der Waals surface area contributed by atoms with Gasteiger partial charge in [-0.25, -0.2) is 4.98 Å². The Morgan fingerprint density at radius 1 is 1.24 bits per heavy atom. The van der Waals surface area contributed by atoms with E-state index < -0.39 is 0 Å². The molecule has 1 heterocycles. The molecule has 0 atom stereocenters. The highest BCUT2D eigenvalue weighted by Gasteiger charge is 2.04. The molecule has 1 aromatic heterocycles. The third-order valence-electron chi connectivity index (χ3n) is 2.53. The number of rotatable bonds is 3. The van der Waals surface area contributed by atoms with Gasteiger partial charge in [-0.3, -0.25) is 0 Å². The number of benzene rings is 1. The van der Waals surface area contributed by atoms with Gasteiger partial charge >= 0.3 is 0 Å². The fourth-order valence-electron chi connectivity index (χ4n) is 1.71. The van der Waals surface area contributed by atoms with Gasteiger partial charge in [0.05, 0.1) is 6.61 Å². The van der Waals surface area contributed by atoms with E-state index in [0.29, 0.717) is 12.4 Å². The molecule has 3 nitrogen and oxygen atoms in total. The number of nitrogen functional groups attached to an aromatic ring is 1. The second-order valence-electron chi connectivity index (χ2n) is 3.90. The van der Waals surface area contributed by atoms with E-state index in [9.17, 15) is 0 Å². The number of ether oxygens (including phenoxy) is 1. The molecular weight excluding hydrogens is 212 g/mol. The summed E-state index contributed by atoms with van der Waals surface area (Å²) >= 11 is 0. The van der Waals surface area contributed by atoms with Crippen molar-refractivity contribution in [3.8, 4) is 16.9 Å². The first-order valence-corrected chi connectivity index (χ1v) is 5.66. The van der Waals surface area contributed by atoms with Crippen molar-refractivity contribution in [2.24, 2.45) is 0 Å². The molecule has 0 unspecified atom stereocenters. The Morgan fingerprint density at radius 2 is 1.94 bits per heavy atom. The van der Waals surface area contributed by atoms with Gasteiger partial charge in [0, 0.05) is 11.8 Å². The maximum Gasteiger partial charge on any atom is 0.131 e. The van der Waals surface area contributed by atoms with E-state index in [2.05, 4.69) is 4.98 Å². The SMILES string of the molecule is CCOc1ccc(-c2cc(C)cnc2N)cc1. The number of aryl methyl sites for hydroxylation is 1. The number of nitrogens with zero attached hydrogens (tertiary/aromatic N) is 1. The molecule has 0 radical (unpaired) electrons. The van der Waals surface area contributed by atoms with E-state index >= 15 is 0 Å². The summed E-state index contributed by atoms with van der Waals surface area (Å²) < 4.78 is 5.40. The van der Waals surface area contributed by atoms with Crippen molar-refractivity contribution >= 4 is 5.82 Å². The van der Waals surface area contributed by atoms with E-state index in [4.69, 9.17) is 10.5 Å². The zero-order valence-electron chi connectivity index (χ0n) is 10.1. The van der Waals surface area contributed by atoms with Crippen molar-refractivity contribution in [3.63, 3.8) is 0 Å². The van der Waals surface area contributed by atoms with Crippen LogP contribution in [0.5, 0.6) is 5.75 Å². The molecule has 2 N–H and O–H groups in total. The van der Waals surface area contributed by atoms with Gasteiger partial charge < -0.3 is 10.5 Å². The summed E-state index contributed by atoms with van der Waals surface area (Å²) in [5, 5.41) is 0. The number of aromatic nitrogens is 1. The Morgan fingerprint density at radius 3 is 2.59 bits per heavy atom. The summed E-state index contributed by atoms with van der Waals surface area (Å²) in [6.45, 7) is 4.65. The molecule has 0 spiro atoms. The van der Waals surface area contributed by atoms with Crippen LogP contribution in [-0.2, 0) is 0 Å². The molecule has 0 saturated carbocycles. The lowest BCUT2D eigenvalue weighted by Gasteiger charge is -2.07. The van der Waals surface area contributed by atoms with Gasteiger partial charge in [-0.1, -0.05) is 12.1 Å². The maximum absolute atomic E-state index is 5.88. The quantitative estimate of drug-likeness (QED) is 0.878. The van der Waals surface area contributed by atoms with Crippen LogP contribution in [0.4, 0.5) is 5.82 Å². The maximum atomic E-state index is 5.88. The van der Waals surface area contributed by atoms with Gasteiger partial charge in [0.15, 0.2) is 0 Å². The normalized spacial score (nSPS) is 10.2. The first kappa shape index (κ1) is 11.5. The molecule has 0 aliphatic rings. The molecule has 0 aliphatic carbocycles. The van der Waals surface area contributed by atoms with E-state index in [-0.39, 0.29) is 0 Å². The fourth-order valence-corrected chi connectivity index (χ4v) is 1.71. The smallest absolute Gasteiger partial charge is 0.131 e. The van der Waals surface area contributed by atoms with Crippen molar-refractivity contribution < 1.29 is 4.74 Å². The molecule has 0 aliphatic heterocycles. The molecule has 0 amide bonds. The van der Waals surface area contributed by atoms with Gasteiger partial charge in [-0.15, -0.1) is 0 Å². The molecule has 17 heavy (non-hydrogen) atoms. The summed E-state index contributed by atoms with van der Waals surface area (Å²) in [5.74, 6) is 1.43. The third kappa shape index (κ3) is 2.56. The molecule has 1 aromatic carbocycles. The molecule has 88 valence electrons. The lowest BCUT2D eigenvalue weighted by Crippen LogP contribution is -1.95. The van der Waals surface area contributed by atoms with Gasteiger partial charge in [-0.2, -0.15) is 0 Å². The number of pyridine rings is 1. The monoisotopic (exact) mass is 228 g/mol. The van der Waals surface area contributed by atoms with Crippen LogP contribution in [0.25, 0.3) is 11.1 Å². The summed E-state index contributed by atoms with van der Waals surface area (Å²) in [6.07, 6.45) is 1.77. The standard InChI is InChI=1S/C14H16N2O/c1-3-17-12-6-4-11(5-7-12)13-8-10(2)9-16-14(13)15/h4-9H,3H2,1-2H3,(H2,15,16). The van der Waals surface area contributed by atoms with Crippen LogP contribution >= 0.6 is 0 Å². The Kier molecular flexibility index (Phi) is 3.28. The topological polar surface area (TPSA) is 48.1 Å². The van der Waals surface area contributed by atoms with Gasteiger partial charge in [0.2, 0.25) is 0 Å². The van der Waals surface area contributed by atoms with E-state index in [1.165, 1.54) is 0 Å². The number of hydrogen-bond acceptors (Lipinski definition) is 3. The highest BCUT2D eigenvalue weighted by Crippen LogP contribution is 2.26. The Bertz CT molecular complexity index is 506. The van der Waals surface area contributed by atoms with Crippen LogP contribution < -0.4 is 10.5 Å². The fraction of sp³-hybridized carbons (Fsp3) is 0.214. The molecular formula is C14H16N2O. The molecule has 0 bridgehead atoms. The lowest BCUT2D eigenvalue weighted by molar-refractivity contribution is 0.340. The summed E-state index contributed by atoms with van der Waals surface area (Å²) in [4.78, 5) is 4.16. The Labute approximate surface area is 101 Å². The zero-order chi connectivity index (χ0) is 12.3. The predicted molar refractivity (Wildman–Crippen MR) is 70.0 cm³/mol. The molecule has 0 fully saturated rings. The minimum absolute atomic E-state index is 0.555. The van der Waals surface area contributed by atoms with Crippen molar-refractivity contribution in [1.82, 2.24) is 4.98 Å². The van der Waals surface area contributed by atoms with Crippen molar-refractivity contribution in [1.29, 1.82) is 0 Å². The van der Waals surface area contributed by atoms with Crippen molar-refractivity contribution in [2.75, 3.05) is 12.3 Å². The molecule has 2 aromatic rings. The summed E-state index contributed by atoms with van der Waals surface area (Å²) in [7, 11) is 0. The average Bonchev–Trinajstić information content (AvgIpc) is 2.34. The van der Waals surface area contributed by atoms with Crippen LogP contribution in [0.1, 0.15) is 12.5 Å². The van der Waals surface area contributed by atoms with E-state index in [1.54, 1.807) is 6.20 Å². The lowest BCUT2D eigenvalue weighted by atomic mass is 10.1. The molecule has 3 heteroatoms. The van der Waals surface area contributed by atoms with Crippen molar-refractivity contribution in [2.45, 2.75) is 13.8 Å². The Balaban J connectivity index is 2.36. The van der Waals surface area contributed by atoms with E-state index in [0.717, 1.165) is 22.4 Å². The third-order valence-corrected chi connectivity index (χ3v) is 2.53. The largest absolute Gasteiger partial charge is 0.494 e. The number of nitrogens with two attached hydrogens (primary N) is 1. The van der Waals surface area contributed by atoms with Crippen LogP contribution in [-0.4, -0.2) is 11.6 Å². The number of anilines is 1. The first-order valence-electron chi connectivity index (χ1n) is 5.66. The summed E-state index contributed by atoms with van der Waals surface area (Å²) in [6, 6.07) is 9.93. The van der Waals surface area contributed by atoms with Crippen LogP contribution in [0.2, 0.25) is 0 Å². The van der Waals surface area contributed by atoms with Gasteiger partial charge in [-0.05, 0) is 43.2 Å². The molecule has 0 saturated heterocycles. The van der Waals surface area contributed by atoms with Crippen LogP contribution in [0.3, 0.4) is 0 Å². The number of hydrogen-bond donors (Lipinski definition) is 1. The minimum atomic E-state index is 0.555. The Hall–Kier alpha value is -2.03. The van der Waals surface area contributed by atoms with Gasteiger partial charge in [0.25, 0.3) is 0 Å². The highest BCUT2D eigenvalue weighted by molar-refractivity contribution is 5.74. The second-order valence-corrected chi connectivity index (χ2v) is 3.90. The van der Waals surface area contributed by atoms with Gasteiger partial charge in [0.1, 0.15) is 11.6 Å².